The van der Waals surface area contributed by atoms with Gasteiger partial charge in [0.15, 0.2) is 0 Å². The minimum atomic E-state index is -4.30. The third-order valence-corrected chi connectivity index (χ3v) is 2.86. The van der Waals surface area contributed by atoms with E-state index in [-0.39, 0.29) is 0 Å². The van der Waals surface area contributed by atoms with Gasteiger partial charge in [-0.15, -0.1) is 0 Å². The van der Waals surface area contributed by atoms with E-state index in [1.54, 1.807) is 0 Å². The number of hydrogen-bond donors (Lipinski definition) is 2. The van der Waals surface area contributed by atoms with Crippen molar-refractivity contribution in [1.29, 1.82) is 0 Å². The second-order valence-electron chi connectivity index (χ2n) is 4.49. The van der Waals surface area contributed by atoms with Gasteiger partial charge in [0, 0.05) is 13.1 Å². The fourth-order valence-electron chi connectivity index (χ4n) is 1.82. The maximum atomic E-state index is 12.5. The van der Waals surface area contributed by atoms with Crippen LogP contribution in [0.4, 0.5) is 24.8 Å². The maximum Gasteiger partial charge on any atom is 0.416 e. The second kappa shape index (κ2) is 6.47. The van der Waals surface area contributed by atoms with Crippen molar-refractivity contribution in [2.24, 2.45) is 0 Å². The van der Waals surface area contributed by atoms with Crippen molar-refractivity contribution < 1.29 is 13.2 Å². The predicted molar refractivity (Wildman–Crippen MR) is 77.2 cm³/mol. The van der Waals surface area contributed by atoms with Crippen LogP contribution in [-0.4, -0.2) is 11.5 Å². The van der Waals surface area contributed by atoms with Gasteiger partial charge in [-0.05, 0) is 36.8 Å². The van der Waals surface area contributed by atoms with Gasteiger partial charge in [0.05, 0.1) is 5.56 Å². The standard InChI is InChI=1S/C15H16F3N3/c1-2-19-13-4-3-5-14(21-13)20-10-11-6-8-12(9-7-11)15(16,17)18/h3-9H,2,10H2,1H3,(H2,19,20,21). The highest BCUT2D eigenvalue weighted by molar-refractivity contribution is 5.45. The summed E-state index contributed by atoms with van der Waals surface area (Å²) in [6, 6.07) is 10.6. The molecule has 3 nitrogen and oxygen atoms in total. The molecule has 1 aromatic carbocycles. The van der Waals surface area contributed by atoms with Gasteiger partial charge < -0.3 is 10.6 Å². The van der Waals surface area contributed by atoms with Crippen LogP contribution in [0.25, 0.3) is 0 Å². The van der Waals surface area contributed by atoms with Gasteiger partial charge >= 0.3 is 6.18 Å². The molecule has 0 radical (unpaired) electrons. The molecule has 0 aliphatic heterocycles. The highest BCUT2D eigenvalue weighted by Crippen LogP contribution is 2.29. The molecule has 0 bridgehead atoms. The second-order valence-corrected chi connectivity index (χ2v) is 4.49. The molecule has 112 valence electrons. The topological polar surface area (TPSA) is 37.0 Å². The molecule has 1 heterocycles. The molecule has 0 aliphatic rings. The van der Waals surface area contributed by atoms with Crippen molar-refractivity contribution in [2.75, 3.05) is 17.2 Å². The van der Waals surface area contributed by atoms with Crippen LogP contribution in [0.1, 0.15) is 18.1 Å². The van der Waals surface area contributed by atoms with Crippen molar-refractivity contribution in [3.8, 4) is 0 Å². The molecule has 1 aromatic heterocycles. The lowest BCUT2D eigenvalue weighted by molar-refractivity contribution is -0.137. The van der Waals surface area contributed by atoms with E-state index in [0.29, 0.717) is 12.4 Å². The maximum absolute atomic E-state index is 12.5. The van der Waals surface area contributed by atoms with Crippen molar-refractivity contribution in [3.63, 3.8) is 0 Å². The van der Waals surface area contributed by atoms with Crippen LogP contribution in [-0.2, 0) is 12.7 Å². The molecular formula is C15H16F3N3. The molecule has 0 unspecified atom stereocenters. The summed E-state index contributed by atoms with van der Waals surface area (Å²) in [5.74, 6) is 1.43. The molecule has 21 heavy (non-hydrogen) atoms. The van der Waals surface area contributed by atoms with E-state index in [0.717, 1.165) is 30.1 Å². The molecule has 0 spiro atoms. The average Bonchev–Trinajstić information content (AvgIpc) is 2.45. The number of halogens is 3. The van der Waals surface area contributed by atoms with Gasteiger partial charge in [0.25, 0.3) is 0 Å². The largest absolute Gasteiger partial charge is 0.416 e. The summed E-state index contributed by atoms with van der Waals surface area (Å²) < 4.78 is 37.4. The number of anilines is 2. The van der Waals surface area contributed by atoms with Gasteiger partial charge in [-0.1, -0.05) is 18.2 Å². The van der Waals surface area contributed by atoms with E-state index in [4.69, 9.17) is 0 Å². The zero-order valence-electron chi connectivity index (χ0n) is 11.5. The first-order valence-electron chi connectivity index (χ1n) is 6.60. The lowest BCUT2D eigenvalue weighted by Crippen LogP contribution is -2.06. The Balaban J connectivity index is 1.98. The Labute approximate surface area is 121 Å². The van der Waals surface area contributed by atoms with Crippen LogP contribution >= 0.6 is 0 Å². The van der Waals surface area contributed by atoms with E-state index < -0.39 is 11.7 Å². The average molecular weight is 295 g/mol. The molecule has 0 saturated heterocycles. The fraction of sp³-hybridized carbons (Fsp3) is 0.267. The zero-order chi connectivity index (χ0) is 15.3. The lowest BCUT2D eigenvalue weighted by Gasteiger charge is -2.10. The summed E-state index contributed by atoms with van der Waals surface area (Å²) in [7, 11) is 0. The minimum absolute atomic E-state index is 0.417. The molecular weight excluding hydrogens is 279 g/mol. The predicted octanol–water partition coefficient (Wildman–Crippen LogP) is 4.14. The van der Waals surface area contributed by atoms with E-state index in [1.807, 2.05) is 25.1 Å². The van der Waals surface area contributed by atoms with Crippen molar-refractivity contribution in [2.45, 2.75) is 19.6 Å². The van der Waals surface area contributed by atoms with E-state index in [2.05, 4.69) is 15.6 Å². The molecule has 0 fully saturated rings. The number of pyridine rings is 1. The van der Waals surface area contributed by atoms with Gasteiger partial charge in [0.1, 0.15) is 11.6 Å². The number of aromatic nitrogens is 1. The van der Waals surface area contributed by atoms with E-state index >= 15 is 0 Å². The lowest BCUT2D eigenvalue weighted by atomic mass is 10.1. The molecule has 0 atom stereocenters. The van der Waals surface area contributed by atoms with Crippen LogP contribution in [0.2, 0.25) is 0 Å². The summed E-state index contributed by atoms with van der Waals surface area (Å²) >= 11 is 0. The van der Waals surface area contributed by atoms with Crippen LogP contribution in [0.5, 0.6) is 0 Å². The van der Waals surface area contributed by atoms with Gasteiger partial charge in [0.2, 0.25) is 0 Å². The quantitative estimate of drug-likeness (QED) is 0.870. The van der Waals surface area contributed by atoms with E-state index in [1.165, 1.54) is 12.1 Å². The summed E-state index contributed by atoms with van der Waals surface area (Å²) in [5.41, 5.74) is 0.122. The van der Waals surface area contributed by atoms with Crippen molar-refractivity contribution in [3.05, 3.63) is 53.6 Å². The van der Waals surface area contributed by atoms with Crippen molar-refractivity contribution >= 4 is 11.6 Å². The van der Waals surface area contributed by atoms with Gasteiger partial charge in [-0.3, -0.25) is 0 Å². The number of rotatable bonds is 5. The van der Waals surface area contributed by atoms with Gasteiger partial charge in [-0.2, -0.15) is 13.2 Å². The highest BCUT2D eigenvalue weighted by Gasteiger charge is 2.29. The first-order chi connectivity index (χ1) is 9.99. The van der Waals surface area contributed by atoms with Crippen molar-refractivity contribution in [1.82, 2.24) is 4.98 Å². The Morgan fingerprint density at radius 2 is 1.57 bits per heavy atom. The SMILES string of the molecule is CCNc1cccc(NCc2ccc(C(F)(F)F)cc2)n1. The molecule has 2 rings (SSSR count). The Morgan fingerprint density at radius 1 is 0.952 bits per heavy atom. The third-order valence-electron chi connectivity index (χ3n) is 2.86. The number of hydrogen-bond acceptors (Lipinski definition) is 3. The van der Waals surface area contributed by atoms with Crippen LogP contribution in [0, 0.1) is 0 Å². The summed E-state index contributed by atoms with van der Waals surface area (Å²) in [5, 5.41) is 6.18. The van der Waals surface area contributed by atoms with E-state index in [9.17, 15) is 13.2 Å². The number of nitrogens with one attached hydrogen (secondary N) is 2. The van der Waals surface area contributed by atoms with Gasteiger partial charge in [-0.25, -0.2) is 4.98 Å². The Kier molecular flexibility index (Phi) is 4.67. The first-order valence-corrected chi connectivity index (χ1v) is 6.60. The number of nitrogens with zero attached hydrogens (tertiary/aromatic N) is 1. The third kappa shape index (κ3) is 4.37. The molecule has 2 aromatic rings. The Morgan fingerprint density at radius 3 is 2.14 bits per heavy atom. The molecule has 2 N–H and O–H groups in total. The molecule has 0 aliphatic carbocycles. The van der Waals surface area contributed by atoms with Crippen LogP contribution < -0.4 is 10.6 Å². The normalized spacial score (nSPS) is 11.2. The summed E-state index contributed by atoms with van der Waals surface area (Å²) in [4.78, 5) is 4.33. The number of alkyl halides is 3. The summed E-state index contributed by atoms with van der Waals surface area (Å²) in [6.07, 6.45) is -4.30. The highest BCUT2D eigenvalue weighted by atomic mass is 19.4. The molecule has 0 amide bonds. The van der Waals surface area contributed by atoms with Crippen LogP contribution in [0.3, 0.4) is 0 Å². The minimum Gasteiger partial charge on any atom is -0.370 e. The molecule has 0 saturated carbocycles. The smallest absolute Gasteiger partial charge is 0.370 e. The fourth-order valence-corrected chi connectivity index (χ4v) is 1.82. The Hall–Kier alpha value is -2.24. The number of benzene rings is 1. The van der Waals surface area contributed by atoms with Crippen LogP contribution in [0.15, 0.2) is 42.5 Å². The summed E-state index contributed by atoms with van der Waals surface area (Å²) in [6.45, 7) is 3.17. The zero-order valence-corrected chi connectivity index (χ0v) is 11.5. The molecule has 6 heteroatoms. The monoisotopic (exact) mass is 295 g/mol. The Bertz CT molecular complexity index is 579. The first kappa shape index (κ1) is 15.2.